The van der Waals surface area contributed by atoms with Crippen LogP contribution < -0.4 is 5.32 Å². The quantitative estimate of drug-likeness (QED) is 0.725. The van der Waals surface area contributed by atoms with Gasteiger partial charge in [0.1, 0.15) is 5.69 Å². The molecule has 1 heterocycles. The standard InChI is InChI=1S/C11H14N2O4/c1-17-6-2-3-10(14)13-8-4-5-12-9(7-8)11(15)16/h4-5,7H,2-3,6H2,1H3,(H,15,16)(H,12,13,14). The van der Waals surface area contributed by atoms with Gasteiger partial charge in [0.05, 0.1) is 0 Å². The van der Waals surface area contributed by atoms with E-state index in [1.807, 2.05) is 0 Å². The Morgan fingerprint density at radius 2 is 2.29 bits per heavy atom. The van der Waals surface area contributed by atoms with Crippen LogP contribution in [0.1, 0.15) is 23.3 Å². The lowest BCUT2D eigenvalue weighted by molar-refractivity contribution is -0.116. The second kappa shape index (κ2) is 6.59. The Balaban J connectivity index is 2.53. The first-order chi connectivity index (χ1) is 8.13. The first-order valence-electron chi connectivity index (χ1n) is 5.11. The molecule has 0 saturated carbocycles. The average Bonchev–Trinajstić information content (AvgIpc) is 2.29. The predicted octanol–water partition coefficient (Wildman–Crippen LogP) is 1.14. The Kier molecular flexibility index (Phi) is 5.09. The van der Waals surface area contributed by atoms with Gasteiger partial charge < -0.3 is 15.2 Å². The molecule has 0 spiro atoms. The third kappa shape index (κ3) is 4.60. The molecule has 2 N–H and O–H groups in total. The van der Waals surface area contributed by atoms with Crippen molar-refractivity contribution in [3.05, 3.63) is 24.0 Å². The number of ether oxygens (including phenoxy) is 1. The number of amides is 1. The van der Waals surface area contributed by atoms with Crippen LogP contribution in [0.4, 0.5) is 5.69 Å². The van der Waals surface area contributed by atoms with E-state index in [4.69, 9.17) is 9.84 Å². The number of nitrogens with zero attached hydrogens (tertiary/aromatic N) is 1. The summed E-state index contributed by atoms with van der Waals surface area (Å²) >= 11 is 0. The summed E-state index contributed by atoms with van der Waals surface area (Å²) in [5.41, 5.74) is 0.333. The number of rotatable bonds is 6. The van der Waals surface area contributed by atoms with E-state index in [0.717, 1.165) is 0 Å². The van der Waals surface area contributed by atoms with Gasteiger partial charge in [0, 0.05) is 32.0 Å². The van der Waals surface area contributed by atoms with Crippen molar-refractivity contribution in [3.8, 4) is 0 Å². The number of carbonyl (C=O) groups is 2. The zero-order valence-corrected chi connectivity index (χ0v) is 9.47. The van der Waals surface area contributed by atoms with E-state index in [9.17, 15) is 9.59 Å². The van der Waals surface area contributed by atoms with Crippen LogP contribution in [0.5, 0.6) is 0 Å². The van der Waals surface area contributed by atoms with Gasteiger partial charge in [0.25, 0.3) is 0 Å². The van der Waals surface area contributed by atoms with Crippen LogP contribution in [-0.2, 0) is 9.53 Å². The lowest BCUT2D eigenvalue weighted by Gasteiger charge is -2.05. The second-order valence-corrected chi connectivity index (χ2v) is 3.38. The van der Waals surface area contributed by atoms with Gasteiger partial charge in [-0.1, -0.05) is 0 Å². The van der Waals surface area contributed by atoms with Crippen LogP contribution in [0.3, 0.4) is 0 Å². The average molecular weight is 238 g/mol. The summed E-state index contributed by atoms with van der Waals surface area (Å²) in [4.78, 5) is 25.7. The highest BCUT2D eigenvalue weighted by molar-refractivity contribution is 5.92. The molecule has 6 heteroatoms. The van der Waals surface area contributed by atoms with Crippen molar-refractivity contribution in [2.24, 2.45) is 0 Å². The first kappa shape index (κ1) is 13.1. The Hall–Kier alpha value is -1.95. The number of hydrogen-bond acceptors (Lipinski definition) is 4. The summed E-state index contributed by atoms with van der Waals surface area (Å²) in [7, 11) is 1.57. The number of carboxylic acid groups (broad SMARTS) is 1. The minimum absolute atomic E-state index is 0.0975. The number of anilines is 1. The molecular formula is C11H14N2O4. The number of carboxylic acids is 1. The topological polar surface area (TPSA) is 88.5 Å². The van der Waals surface area contributed by atoms with E-state index in [1.165, 1.54) is 12.3 Å². The molecule has 0 aliphatic rings. The Labute approximate surface area is 98.6 Å². The number of carbonyl (C=O) groups excluding carboxylic acids is 1. The first-order valence-corrected chi connectivity index (χ1v) is 5.11. The normalized spacial score (nSPS) is 9.94. The van der Waals surface area contributed by atoms with Crippen molar-refractivity contribution in [1.82, 2.24) is 4.98 Å². The lowest BCUT2D eigenvalue weighted by Crippen LogP contribution is -2.13. The van der Waals surface area contributed by atoms with Gasteiger partial charge in [-0.2, -0.15) is 0 Å². The van der Waals surface area contributed by atoms with Gasteiger partial charge >= 0.3 is 5.97 Å². The van der Waals surface area contributed by atoms with Crippen molar-refractivity contribution < 1.29 is 19.4 Å². The van der Waals surface area contributed by atoms with Crippen LogP contribution in [0, 0.1) is 0 Å². The zero-order chi connectivity index (χ0) is 12.7. The highest BCUT2D eigenvalue weighted by Gasteiger charge is 2.07. The maximum atomic E-state index is 11.4. The number of nitrogens with one attached hydrogen (secondary N) is 1. The maximum Gasteiger partial charge on any atom is 0.354 e. The molecule has 17 heavy (non-hydrogen) atoms. The number of hydrogen-bond donors (Lipinski definition) is 2. The second-order valence-electron chi connectivity index (χ2n) is 3.38. The summed E-state index contributed by atoms with van der Waals surface area (Å²) in [6.45, 7) is 0.518. The number of pyridine rings is 1. The van der Waals surface area contributed by atoms with Crippen molar-refractivity contribution in [2.75, 3.05) is 19.0 Å². The number of aromatic carboxylic acids is 1. The Bertz CT molecular complexity index is 406. The minimum Gasteiger partial charge on any atom is -0.477 e. The molecule has 0 atom stereocenters. The van der Waals surface area contributed by atoms with Crippen LogP contribution in [0.2, 0.25) is 0 Å². The number of methoxy groups -OCH3 is 1. The highest BCUT2D eigenvalue weighted by atomic mass is 16.5. The summed E-state index contributed by atoms with van der Waals surface area (Å²) in [6, 6.07) is 2.86. The van der Waals surface area contributed by atoms with Crippen molar-refractivity contribution >= 4 is 17.6 Å². The fourth-order valence-corrected chi connectivity index (χ4v) is 1.23. The molecule has 1 rings (SSSR count). The highest BCUT2D eigenvalue weighted by Crippen LogP contribution is 2.08. The van der Waals surface area contributed by atoms with Crippen molar-refractivity contribution in [3.63, 3.8) is 0 Å². The largest absolute Gasteiger partial charge is 0.477 e. The maximum absolute atomic E-state index is 11.4. The monoisotopic (exact) mass is 238 g/mol. The fourth-order valence-electron chi connectivity index (χ4n) is 1.23. The molecule has 0 radical (unpaired) electrons. The minimum atomic E-state index is -1.12. The molecule has 1 amide bonds. The summed E-state index contributed by atoms with van der Waals surface area (Å²) < 4.78 is 4.83. The summed E-state index contributed by atoms with van der Waals surface area (Å²) in [6.07, 6.45) is 2.30. The van der Waals surface area contributed by atoms with E-state index < -0.39 is 5.97 Å². The molecule has 0 aliphatic heterocycles. The third-order valence-electron chi connectivity index (χ3n) is 2.02. The van der Waals surface area contributed by atoms with E-state index in [2.05, 4.69) is 10.3 Å². The molecule has 0 bridgehead atoms. The van der Waals surface area contributed by atoms with Crippen molar-refractivity contribution in [2.45, 2.75) is 12.8 Å². The van der Waals surface area contributed by atoms with E-state index in [-0.39, 0.29) is 11.6 Å². The molecule has 0 fully saturated rings. The van der Waals surface area contributed by atoms with Crippen LogP contribution in [0.25, 0.3) is 0 Å². The summed E-state index contributed by atoms with van der Waals surface area (Å²) in [5.74, 6) is -1.30. The molecule has 0 unspecified atom stereocenters. The molecule has 92 valence electrons. The van der Waals surface area contributed by atoms with E-state index in [0.29, 0.717) is 25.1 Å². The SMILES string of the molecule is COCCCC(=O)Nc1ccnc(C(=O)O)c1. The molecule has 1 aromatic rings. The van der Waals surface area contributed by atoms with E-state index in [1.54, 1.807) is 13.2 Å². The van der Waals surface area contributed by atoms with Gasteiger partial charge in [-0.25, -0.2) is 9.78 Å². The smallest absolute Gasteiger partial charge is 0.354 e. The Morgan fingerprint density at radius 1 is 1.53 bits per heavy atom. The molecule has 6 nitrogen and oxygen atoms in total. The van der Waals surface area contributed by atoms with Gasteiger partial charge in [-0.15, -0.1) is 0 Å². The van der Waals surface area contributed by atoms with Gasteiger partial charge in [-0.3, -0.25) is 4.79 Å². The van der Waals surface area contributed by atoms with Crippen molar-refractivity contribution in [1.29, 1.82) is 0 Å². The Morgan fingerprint density at radius 3 is 2.94 bits per heavy atom. The molecule has 0 saturated heterocycles. The van der Waals surface area contributed by atoms with Crippen LogP contribution in [0.15, 0.2) is 18.3 Å². The van der Waals surface area contributed by atoms with Gasteiger partial charge in [0.15, 0.2) is 0 Å². The van der Waals surface area contributed by atoms with Crippen LogP contribution in [-0.4, -0.2) is 35.7 Å². The van der Waals surface area contributed by atoms with Gasteiger partial charge in [-0.05, 0) is 18.6 Å². The van der Waals surface area contributed by atoms with Gasteiger partial charge in [0.2, 0.25) is 5.91 Å². The number of aromatic nitrogens is 1. The zero-order valence-electron chi connectivity index (χ0n) is 9.47. The third-order valence-corrected chi connectivity index (χ3v) is 2.02. The van der Waals surface area contributed by atoms with Crippen LogP contribution >= 0.6 is 0 Å². The predicted molar refractivity (Wildman–Crippen MR) is 60.9 cm³/mol. The molecule has 0 aromatic carbocycles. The molecular weight excluding hydrogens is 224 g/mol. The summed E-state index contributed by atoms with van der Waals surface area (Å²) in [5, 5.41) is 11.3. The van der Waals surface area contributed by atoms with E-state index >= 15 is 0 Å². The fraction of sp³-hybridized carbons (Fsp3) is 0.364. The molecule has 1 aromatic heterocycles. The molecule has 0 aliphatic carbocycles. The lowest BCUT2D eigenvalue weighted by atomic mass is 10.2.